The smallest absolute Gasteiger partial charge is 0.419 e. The van der Waals surface area contributed by atoms with Crippen LogP contribution in [0.4, 0.5) is 31.5 Å². The number of hydrogen-bond acceptors (Lipinski definition) is 30. The van der Waals surface area contributed by atoms with Crippen LogP contribution in [0.15, 0.2) is 132 Å². The number of esters is 6. The first-order chi connectivity index (χ1) is 60.6. The van der Waals surface area contributed by atoms with Crippen LogP contribution in [-0.2, 0) is 85.5 Å². The number of benzene rings is 2. The lowest BCUT2D eigenvalue weighted by Gasteiger charge is -2.68. The molecule has 7 heterocycles. The number of nitrogens with one attached hydrogen (secondary N) is 2. The molecule has 37 heteroatoms. The first kappa shape index (κ1) is 96.5. The van der Waals surface area contributed by atoms with Crippen molar-refractivity contribution in [3.63, 3.8) is 0 Å². The first-order valence-corrected chi connectivity index (χ1v) is 43.4. The molecule has 2 amide bonds. The van der Waals surface area contributed by atoms with E-state index in [1.807, 2.05) is 13.8 Å². The molecule has 0 spiro atoms. The van der Waals surface area contributed by atoms with E-state index in [0.717, 1.165) is 12.1 Å². The number of alkyl carbamates (subject to hydrolysis) is 2. The highest BCUT2D eigenvalue weighted by Crippen LogP contribution is 2.70. The van der Waals surface area contributed by atoms with E-state index >= 15 is 8.78 Å². The Morgan fingerprint density at radius 3 is 1.32 bits per heavy atom. The summed E-state index contributed by atoms with van der Waals surface area (Å²) in [4.78, 5) is 119. The van der Waals surface area contributed by atoms with Crippen molar-refractivity contribution in [2.75, 3.05) is 32.8 Å². The van der Waals surface area contributed by atoms with Gasteiger partial charge in [-0.25, -0.2) is 37.5 Å². The summed E-state index contributed by atoms with van der Waals surface area (Å²) in [6, 6.07) is 17.1. The standard InChI is InChI=1S/C48H59F4N3O14.C45H55FN2O13/c1-24-28(64-40(59)34(57)33(32-27(49)15-12-18-53-32)54-41(60)69-42(3,4)5)19-47(62)38(67-39(58)26-13-10-9-11-14-26)36-44(8,17-16-29-46(36,23-63-29)68-25(2)56)37-35(31(24)43(47,6)7)65-30(66-37)20-55-21-45(61,22-55)48(50,51)52;1-10-29-57-34-30-23(2)27(56-39(52)33(50)32(31-26(46)17-14-20-47-31)48-40(53)61-41(4,5)6)21-45(54,42(30,7)8)37(59-38(51)25-15-12-11-13-16-25)35-43(9,36(34)58-29)19-18-28-44(35,22-55-28)60-24(3)49/h9-15,18,28-30,33-38,57,61-62H,16-17,19-23H2,1-8H3,(H,54,60);10-17,20,27-29,32-37,50,54H,1,18-19,21-22H2,2-9H3,(H,48,53)/t28-,29+,30+,33-,34+,35+,36-,37+,38-,44+,46-,47+;27-,28+,29+,32-,33+,34+,35-,36+,37-,43+,44-,45+/m00/s1. The SMILES string of the molecule is C=C[C@@H]1O[C@@H]2C3=C(C)[C@@H](OC(=O)[C@H](O)[C@@H](NC(=O)OC(C)(C)C)c4ncccc4F)C[C@@](O)([C@@H](OC(=O)c4ccccc4)[C@H]4[C@@](C)(CC[C@H]5OC[C@]54OC(C)=O)[C@@H]2O1)C3(C)C.CC(=O)O[C@@]12CO[C@@H]1CC[C@@]1(C)[C@@H]3O[C@H](CN4CC(O)(C(F)(F)F)C4)O[C@@H]3C3=C(C)[C@@H](OC(=O)[C@H](O)[C@@H](NC(=O)OC(C)(C)C)c4ncccc4F)C[C@@](O)([C@@H](OC(=O)c4ccccc4)[C@@H]12)C3(C)C. The second kappa shape index (κ2) is 34.8. The van der Waals surface area contributed by atoms with Gasteiger partial charge >= 0.3 is 54.2 Å². The zero-order valence-electron chi connectivity index (χ0n) is 75.1. The third kappa shape index (κ3) is 17.1. The molecule has 708 valence electrons. The van der Waals surface area contributed by atoms with Crippen molar-refractivity contribution in [2.24, 2.45) is 33.5 Å². The lowest BCUT2D eigenvalue weighted by molar-refractivity contribution is -0.346. The van der Waals surface area contributed by atoms with E-state index in [0.29, 0.717) is 41.6 Å². The summed E-state index contributed by atoms with van der Waals surface area (Å²) in [5.41, 5.74) is -16.7. The number of nitrogens with zero attached hydrogens (tertiary/aromatic N) is 3. The number of rotatable bonds is 19. The largest absolute Gasteiger partial charge is 0.456 e. The molecule has 9 fully saturated rings. The number of carbonyl (C=O) groups excluding carboxylic acids is 8. The molecular weight excluding hydrogens is 1710 g/mol. The van der Waals surface area contributed by atoms with Gasteiger partial charge in [-0.3, -0.25) is 24.5 Å². The Morgan fingerprint density at radius 2 is 0.962 bits per heavy atom. The zero-order valence-corrected chi connectivity index (χ0v) is 75.1. The molecule has 7 N–H and O–H groups in total. The van der Waals surface area contributed by atoms with Crippen LogP contribution in [0, 0.1) is 45.1 Å². The number of hydrogen-bond donors (Lipinski definition) is 7. The number of fused-ring (bicyclic) bond motifs is 16. The molecule has 0 unspecified atom stereocenters. The molecule has 11 aliphatic rings. The minimum atomic E-state index is -4.90. The van der Waals surface area contributed by atoms with Crippen LogP contribution in [0.1, 0.15) is 193 Å². The third-order valence-electron chi connectivity index (χ3n) is 28.3. The molecule has 6 aliphatic carbocycles. The van der Waals surface area contributed by atoms with Crippen LogP contribution in [0.2, 0.25) is 0 Å². The number of β-amino-alcohol motifs (C(OH)–C–C–N with tert-alkyl or cyclic N) is 1. The third-order valence-corrected chi connectivity index (χ3v) is 28.3. The van der Waals surface area contributed by atoms with Crippen molar-refractivity contribution in [3.8, 4) is 0 Å². The van der Waals surface area contributed by atoms with E-state index in [1.165, 1.54) is 61.5 Å². The number of aromatic nitrogens is 2. The minimum absolute atomic E-state index is 0.0705. The molecule has 5 saturated heterocycles. The van der Waals surface area contributed by atoms with Gasteiger partial charge in [0.25, 0.3) is 0 Å². The molecule has 4 saturated carbocycles. The minimum Gasteiger partial charge on any atom is -0.456 e. The normalized spacial score (nSPS) is 34.5. The fraction of sp³-hybridized carbons (Fsp3) is 0.613. The van der Waals surface area contributed by atoms with Crippen LogP contribution in [0.25, 0.3) is 0 Å². The maximum Gasteiger partial charge on any atom is 0.419 e. The number of pyridine rings is 2. The predicted octanol–water partition coefficient (Wildman–Crippen LogP) is 9.80. The van der Waals surface area contributed by atoms with Gasteiger partial charge in [-0.15, -0.1) is 0 Å². The summed E-state index contributed by atoms with van der Waals surface area (Å²) in [6.45, 7) is 27.9. The van der Waals surface area contributed by atoms with Gasteiger partial charge in [0.05, 0.1) is 48.4 Å². The van der Waals surface area contributed by atoms with E-state index in [9.17, 15) is 77.1 Å². The Bertz CT molecular complexity index is 5100. The second-order valence-corrected chi connectivity index (χ2v) is 39.5. The Labute approximate surface area is 747 Å². The number of aliphatic hydroxyl groups excluding tert-OH is 2. The molecule has 4 aromatic rings. The van der Waals surface area contributed by atoms with Crippen LogP contribution in [0.5, 0.6) is 0 Å². The molecule has 130 heavy (non-hydrogen) atoms. The summed E-state index contributed by atoms with van der Waals surface area (Å²) in [7, 11) is 0. The molecule has 24 atom stereocenters. The highest BCUT2D eigenvalue weighted by Gasteiger charge is 2.80. The van der Waals surface area contributed by atoms with E-state index in [-0.39, 0.29) is 37.3 Å². The van der Waals surface area contributed by atoms with Crippen LogP contribution in [-0.4, -0.2) is 252 Å². The van der Waals surface area contributed by atoms with Crippen molar-refractivity contribution in [1.29, 1.82) is 0 Å². The Morgan fingerprint density at radius 1 is 0.569 bits per heavy atom. The summed E-state index contributed by atoms with van der Waals surface area (Å²) >= 11 is 0. The number of carbonyl (C=O) groups is 8. The Balaban J connectivity index is 0.000000211. The van der Waals surface area contributed by atoms with Gasteiger partial charge < -0.3 is 102 Å². The van der Waals surface area contributed by atoms with E-state index in [4.69, 9.17) is 66.3 Å². The quantitative estimate of drug-likeness (QED) is 0.0199. The zero-order chi connectivity index (χ0) is 94.9. The van der Waals surface area contributed by atoms with E-state index in [1.54, 1.807) is 132 Å². The fourth-order valence-electron chi connectivity index (χ4n) is 22.1. The van der Waals surface area contributed by atoms with E-state index in [2.05, 4.69) is 27.2 Å². The Kier molecular flexibility index (Phi) is 25.9. The van der Waals surface area contributed by atoms with Gasteiger partial charge in [0, 0.05) is 80.4 Å². The number of likely N-dealkylation sites (tertiary alicyclic amines) is 1. The monoisotopic (exact) mass is 1830 g/mol. The first-order valence-electron chi connectivity index (χ1n) is 43.4. The van der Waals surface area contributed by atoms with Crippen molar-refractivity contribution >= 4 is 48.0 Å². The topological polar surface area (TPSA) is 420 Å². The molecule has 2 aromatic carbocycles. The average molecular weight is 1830 g/mol. The number of ether oxygens (including phenoxy) is 14. The van der Waals surface area contributed by atoms with Gasteiger partial charge in [0.1, 0.15) is 106 Å². The van der Waals surface area contributed by atoms with Crippen LogP contribution < -0.4 is 10.6 Å². The second-order valence-electron chi connectivity index (χ2n) is 39.5. The number of halogens is 5. The number of aliphatic hydroxyl groups is 5. The number of alkyl halides is 3. The van der Waals surface area contributed by atoms with Crippen LogP contribution >= 0.6 is 0 Å². The molecule has 15 rings (SSSR count). The molecule has 0 radical (unpaired) electrons. The summed E-state index contributed by atoms with van der Waals surface area (Å²) in [5, 5.41) is 66.1. The Hall–Kier alpha value is -9.51. The van der Waals surface area contributed by atoms with Gasteiger partial charge in [0.15, 0.2) is 41.6 Å². The van der Waals surface area contributed by atoms with E-state index < -0.39 is 274 Å². The maximum atomic E-state index is 15.4. The molecular formula is C93H114F5N5O27. The van der Waals surface area contributed by atoms with Gasteiger partial charge in [0.2, 0.25) is 0 Å². The summed E-state index contributed by atoms with van der Waals surface area (Å²) in [6.07, 6.45) is -20.8. The highest BCUT2D eigenvalue weighted by molar-refractivity contribution is 5.90. The number of amides is 2. The van der Waals surface area contributed by atoms with Gasteiger partial charge in [-0.2, -0.15) is 13.2 Å². The lowest BCUT2D eigenvalue weighted by atomic mass is 9.45. The molecule has 5 aliphatic heterocycles. The molecule has 4 bridgehead atoms. The predicted molar refractivity (Wildman–Crippen MR) is 443 cm³/mol. The molecule has 2 aromatic heterocycles. The van der Waals surface area contributed by atoms with Crippen LogP contribution in [0.3, 0.4) is 0 Å². The summed E-state index contributed by atoms with van der Waals surface area (Å²) in [5.74, 6) is -9.75. The fourth-order valence-corrected chi connectivity index (χ4v) is 22.1. The van der Waals surface area contributed by atoms with Crippen molar-refractivity contribution in [1.82, 2.24) is 25.5 Å². The van der Waals surface area contributed by atoms with Gasteiger partial charge in [-0.1, -0.05) is 84.5 Å². The maximum absolute atomic E-state index is 15.4. The van der Waals surface area contributed by atoms with Gasteiger partial charge in [-0.05, 0) is 158 Å². The van der Waals surface area contributed by atoms with Crippen molar-refractivity contribution < 1.29 is 152 Å². The average Bonchev–Trinajstić information content (AvgIpc) is 1.17. The molecule has 32 nitrogen and oxygen atoms in total. The van der Waals surface area contributed by atoms with Crippen molar-refractivity contribution in [3.05, 3.63) is 166 Å². The van der Waals surface area contributed by atoms with Crippen molar-refractivity contribution in [2.45, 2.75) is 293 Å². The highest BCUT2D eigenvalue weighted by atomic mass is 19.4. The lowest BCUT2D eigenvalue weighted by Crippen LogP contribution is -2.79. The summed E-state index contributed by atoms with van der Waals surface area (Å²) < 4.78 is 160.